The van der Waals surface area contributed by atoms with Gasteiger partial charge in [0, 0.05) is 29.3 Å². The van der Waals surface area contributed by atoms with Crippen molar-refractivity contribution in [3.8, 4) is 0 Å². The normalized spacial score (nSPS) is 31.9. The second kappa shape index (κ2) is 11.8. The van der Waals surface area contributed by atoms with E-state index in [1.807, 2.05) is 18.2 Å². The summed E-state index contributed by atoms with van der Waals surface area (Å²) in [5.41, 5.74) is -1.79. The van der Waals surface area contributed by atoms with E-state index in [2.05, 4.69) is 15.8 Å². The number of aliphatic carboxylic acids is 1. The lowest BCUT2D eigenvalue weighted by molar-refractivity contribution is -0.145. The second-order valence-electron chi connectivity index (χ2n) is 13.0. The number of hydrogen-bond acceptors (Lipinski definition) is 7. The van der Waals surface area contributed by atoms with E-state index < -0.39 is 52.7 Å². The zero-order chi connectivity index (χ0) is 31.0. The Bertz CT molecular complexity index is 1360. The van der Waals surface area contributed by atoms with Gasteiger partial charge in [0.25, 0.3) is 0 Å². The number of carboxylic acid groups (broad SMARTS) is 1. The van der Waals surface area contributed by atoms with Gasteiger partial charge in [0.05, 0.1) is 12.3 Å². The molecule has 5 rings (SSSR count). The molecule has 11 nitrogen and oxygen atoms in total. The number of allylic oxidation sites excluding steroid dienone is 1. The standard InChI is InChI=1S/C31H39ClN4O7/c1-29(2,3)42-28(41)33-22-13-8-6-4-5-7-11-20-15-31(20,27(39)40)34-25(37)24-17-30(18-36(24)26(22)38)16-23(35-43-30)19-10-9-12-21(32)14-19/h7,9-12,14,20,22,24H,4-6,8,13,15-18H2,1-3H3,(H,33,41)(H,34,37)(H,39,40)/b11-7-. The van der Waals surface area contributed by atoms with Gasteiger partial charge in [0.1, 0.15) is 23.2 Å². The quantitative estimate of drug-likeness (QED) is 0.433. The topological polar surface area (TPSA) is 147 Å². The van der Waals surface area contributed by atoms with Crippen molar-refractivity contribution >= 4 is 41.2 Å². The molecule has 0 bridgehead atoms. The van der Waals surface area contributed by atoms with Gasteiger partial charge in [-0.15, -0.1) is 0 Å². The SMILES string of the molecule is CC(C)(C)OC(=O)NC1CCCCC/C=C\C2CC2(C(=O)O)NC(=O)C2CC3(CC(c4cccc(Cl)c4)=NO3)CN2C1=O. The van der Waals surface area contributed by atoms with Crippen LogP contribution in [0.4, 0.5) is 4.79 Å². The number of nitrogens with one attached hydrogen (secondary N) is 2. The number of carboxylic acids is 1. The summed E-state index contributed by atoms with van der Waals surface area (Å²) >= 11 is 6.19. The van der Waals surface area contributed by atoms with Crippen LogP contribution in [0.3, 0.4) is 0 Å². The highest BCUT2D eigenvalue weighted by Crippen LogP contribution is 2.46. The van der Waals surface area contributed by atoms with Crippen molar-refractivity contribution in [3.63, 3.8) is 0 Å². The van der Waals surface area contributed by atoms with E-state index >= 15 is 0 Å². The maximum atomic E-state index is 14.2. The largest absolute Gasteiger partial charge is 0.479 e. The number of ether oxygens (including phenoxy) is 1. The zero-order valence-electron chi connectivity index (χ0n) is 24.7. The molecule has 3 aliphatic heterocycles. The average Bonchev–Trinajstić information content (AvgIpc) is 3.27. The molecule has 4 aliphatic rings. The predicted molar refractivity (Wildman–Crippen MR) is 159 cm³/mol. The van der Waals surface area contributed by atoms with Crippen molar-refractivity contribution in [2.24, 2.45) is 11.1 Å². The first-order chi connectivity index (χ1) is 20.3. The van der Waals surface area contributed by atoms with E-state index in [-0.39, 0.29) is 25.3 Å². The summed E-state index contributed by atoms with van der Waals surface area (Å²) in [5.74, 6) is -2.47. The summed E-state index contributed by atoms with van der Waals surface area (Å²) in [6.07, 6.45) is 7.22. The van der Waals surface area contributed by atoms with E-state index in [0.717, 1.165) is 24.8 Å². The van der Waals surface area contributed by atoms with E-state index in [4.69, 9.17) is 21.2 Å². The highest BCUT2D eigenvalue weighted by molar-refractivity contribution is 6.31. The summed E-state index contributed by atoms with van der Waals surface area (Å²) in [6.45, 7) is 5.25. The van der Waals surface area contributed by atoms with Crippen molar-refractivity contribution in [3.05, 3.63) is 47.0 Å². The first-order valence-electron chi connectivity index (χ1n) is 14.8. The molecule has 2 fully saturated rings. The number of oxime groups is 1. The molecule has 0 radical (unpaired) electrons. The van der Waals surface area contributed by atoms with Crippen LogP contribution in [-0.4, -0.2) is 75.0 Å². The van der Waals surface area contributed by atoms with Crippen LogP contribution in [0.25, 0.3) is 0 Å². The molecule has 1 saturated heterocycles. The number of benzene rings is 1. The maximum absolute atomic E-state index is 14.2. The lowest BCUT2D eigenvalue weighted by Crippen LogP contribution is -2.56. The van der Waals surface area contributed by atoms with E-state index in [0.29, 0.717) is 30.0 Å². The molecule has 43 heavy (non-hydrogen) atoms. The van der Waals surface area contributed by atoms with Gasteiger partial charge in [0.15, 0.2) is 5.60 Å². The molecule has 5 atom stereocenters. The number of carbonyl (C=O) groups excluding carboxylic acids is 3. The number of carbonyl (C=O) groups is 4. The average molecular weight is 615 g/mol. The van der Waals surface area contributed by atoms with Crippen molar-refractivity contribution in [1.29, 1.82) is 0 Å². The lowest BCUT2D eigenvalue weighted by atomic mass is 9.91. The zero-order valence-corrected chi connectivity index (χ0v) is 25.5. The molecule has 1 spiro atoms. The van der Waals surface area contributed by atoms with Crippen LogP contribution in [0.5, 0.6) is 0 Å². The van der Waals surface area contributed by atoms with Crippen LogP contribution in [0.1, 0.15) is 77.7 Å². The number of rotatable bonds is 3. The molecule has 3 N–H and O–H groups in total. The van der Waals surface area contributed by atoms with Crippen LogP contribution in [-0.2, 0) is 24.0 Å². The molecule has 1 saturated carbocycles. The summed E-state index contributed by atoms with van der Waals surface area (Å²) < 4.78 is 5.44. The third-order valence-corrected chi connectivity index (χ3v) is 8.68. The third-order valence-electron chi connectivity index (χ3n) is 8.45. The first kappa shape index (κ1) is 30.8. The summed E-state index contributed by atoms with van der Waals surface area (Å²) in [6, 6.07) is 5.21. The van der Waals surface area contributed by atoms with Crippen LogP contribution in [0, 0.1) is 5.92 Å². The first-order valence-corrected chi connectivity index (χ1v) is 15.2. The van der Waals surface area contributed by atoms with E-state index in [1.165, 1.54) is 4.90 Å². The van der Waals surface area contributed by atoms with Crippen LogP contribution < -0.4 is 10.6 Å². The molecule has 5 unspecified atom stereocenters. The Labute approximate surface area is 256 Å². The van der Waals surface area contributed by atoms with Crippen LogP contribution in [0.15, 0.2) is 41.6 Å². The highest BCUT2D eigenvalue weighted by Gasteiger charge is 2.62. The maximum Gasteiger partial charge on any atom is 0.408 e. The molecule has 1 aromatic rings. The Morgan fingerprint density at radius 2 is 2.00 bits per heavy atom. The number of halogens is 1. The van der Waals surface area contributed by atoms with Crippen LogP contribution >= 0.6 is 11.6 Å². The van der Waals surface area contributed by atoms with Crippen molar-refractivity contribution in [2.45, 2.75) is 101 Å². The molecule has 3 heterocycles. The molecule has 0 aromatic heterocycles. The number of alkyl carbamates (subject to hydrolysis) is 1. The molecular weight excluding hydrogens is 576 g/mol. The van der Waals surface area contributed by atoms with Crippen molar-refractivity contribution in [2.75, 3.05) is 6.54 Å². The van der Waals surface area contributed by atoms with Gasteiger partial charge in [-0.1, -0.05) is 53.9 Å². The number of amides is 3. The fraction of sp³-hybridized carbons (Fsp3) is 0.581. The number of fused-ring (bicyclic) bond motifs is 2. The molecule has 1 aromatic carbocycles. The van der Waals surface area contributed by atoms with E-state index in [9.17, 15) is 24.3 Å². The molecule has 232 valence electrons. The summed E-state index contributed by atoms with van der Waals surface area (Å²) in [4.78, 5) is 60.6. The van der Waals surface area contributed by atoms with E-state index in [1.54, 1.807) is 39.0 Å². The lowest BCUT2D eigenvalue weighted by Gasteiger charge is -2.30. The Kier molecular flexibility index (Phi) is 8.48. The van der Waals surface area contributed by atoms with Gasteiger partial charge in [-0.2, -0.15) is 0 Å². The third kappa shape index (κ3) is 6.82. The second-order valence-corrected chi connectivity index (χ2v) is 13.5. The van der Waals surface area contributed by atoms with Gasteiger partial charge in [-0.25, -0.2) is 9.59 Å². The highest BCUT2D eigenvalue weighted by atomic mass is 35.5. The molecule has 3 amide bonds. The Morgan fingerprint density at radius 3 is 2.72 bits per heavy atom. The number of hydrogen-bond donors (Lipinski definition) is 3. The summed E-state index contributed by atoms with van der Waals surface area (Å²) in [5, 5.41) is 20.4. The monoisotopic (exact) mass is 614 g/mol. The predicted octanol–water partition coefficient (Wildman–Crippen LogP) is 4.18. The minimum atomic E-state index is -1.43. The number of nitrogens with zero attached hydrogens (tertiary/aromatic N) is 2. The van der Waals surface area contributed by atoms with Crippen molar-refractivity contribution in [1.82, 2.24) is 15.5 Å². The minimum Gasteiger partial charge on any atom is -0.479 e. The summed E-state index contributed by atoms with van der Waals surface area (Å²) in [7, 11) is 0. The van der Waals surface area contributed by atoms with Gasteiger partial charge < -0.3 is 30.2 Å². The molecular formula is C31H39ClN4O7. The van der Waals surface area contributed by atoms with Gasteiger partial charge in [-0.3, -0.25) is 9.59 Å². The molecule has 1 aliphatic carbocycles. The molecule has 12 heteroatoms. The minimum absolute atomic E-state index is 0.0351. The van der Waals surface area contributed by atoms with Gasteiger partial charge in [0.2, 0.25) is 11.8 Å². The van der Waals surface area contributed by atoms with Gasteiger partial charge >= 0.3 is 12.1 Å². The van der Waals surface area contributed by atoms with Gasteiger partial charge in [-0.05, 0) is 58.6 Å². The fourth-order valence-corrected chi connectivity index (χ4v) is 6.36. The smallest absolute Gasteiger partial charge is 0.408 e. The van der Waals surface area contributed by atoms with Crippen molar-refractivity contribution < 1.29 is 33.9 Å². The Hall–Kier alpha value is -3.60. The Morgan fingerprint density at radius 1 is 1.21 bits per heavy atom. The fourth-order valence-electron chi connectivity index (χ4n) is 6.17. The Balaban J connectivity index is 1.44. The van der Waals surface area contributed by atoms with Crippen LogP contribution in [0.2, 0.25) is 5.02 Å².